The fourth-order valence-corrected chi connectivity index (χ4v) is 5.88. The molecule has 2 amide bonds. The lowest BCUT2D eigenvalue weighted by atomic mass is 9.94. The molecule has 1 saturated carbocycles. The molecule has 4 aliphatic rings. The number of hydrogen-bond donors (Lipinski definition) is 10. The van der Waals surface area contributed by atoms with Crippen LogP contribution in [0.3, 0.4) is 0 Å². The quantitative estimate of drug-likeness (QED) is 0.117. The largest absolute Gasteiger partial charge is 0.459 e. The minimum Gasteiger partial charge on any atom is -0.459 e. The smallest absolute Gasteiger partial charge is 0.285 e. The summed E-state index contributed by atoms with van der Waals surface area (Å²) < 4.78 is 29.1. The lowest BCUT2D eigenvalue weighted by Gasteiger charge is -2.48. The van der Waals surface area contributed by atoms with E-state index in [4.69, 9.17) is 23.7 Å². The fourth-order valence-electron chi connectivity index (χ4n) is 5.88. The highest BCUT2D eigenvalue weighted by atomic mass is 16.7. The van der Waals surface area contributed by atoms with E-state index in [1.54, 1.807) is 0 Å². The van der Waals surface area contributed by atoms with Crippen LogP contribution in [0, 0.1) is 5.92 Å². The van der Waals surface area contributed by atoms with Gasteiger partial charge < -0.3 is 75.4 Å². The predicted molar refractivity (Wildman–Crippen MR) is 136 cm³/mol. The van der Waals surface area contributed by atoms with Gasteiger partial charge in [-0.25, -0.2) is 4.99 Å². The number of aliphatic imine (C=N–C) groups is 1. The first-order valence-corrected chi connectivity index (χ1v) is 13.6. The Morgan fingerprint density at radius 2 is 1.36 bits per heavy atom. The summed E-state index contributed by atoms with van der Waals surface area (Å²) in [4.78, 5) is 27.8. The number of aliphatic hydroxyl groups is 7. The number of fused-ring (bicyclic) bond motifs is 1. The van der Waals surface area contributed by atoms with Gasteiger partial charge in [-0.2, -0.15) is 0 Å². The van der Waals surface area contributed by atoms with Gasteiger partial charge in [0, 0.05) is 20.9 Å². The van der Waals surface area contributed by atoms with Crippen molar-refractivity contribution < 1.29 is 69.0 Å². The Bertz CT molecular complexity index is 991. The Morgan fingerprint density at radius 3 is 1.88 bits per heavy atom. The first kappa shape index (κ1) is 32.7. The van der Waals surface area contributed by atoms with Crippen molar-refractivity contribution in [2.45, 2.75) is 99.5 Å². The van der Waals surface area contributed by atoms with Gasteiger partial charge in [0.1, 0.15) is 60.9 Å². The van der Waals surface area contributed by atoms with Gasteiger partial charge in [-0.3, -0.25) is 9.59 Å². The van der Waals surface area contributed by atoms with Crippen molar-refractivity contribution in [2.24, 2.45) is 10.9 Å². The maximum Gasteiger partial charge on any atom is 0.285 e. The number of nitrogens with zero attached hydrogens (tertiary/aromatic N) is 1. The maximum atomic E-state index is 12.1. The van der Waals surface area contributed by atoms with Gasteiger partial charge in [-0.1, -0.05) is 0 Å². The highest BCUT2D eigenvalue weighted by Crippen LogP contribution is 2.38. The van der Waals surface area contributed by atoms with Crippen LogP contribution in [-0.2, 0) is 33.3 Å². The Labute approximate surface area is 240 Å². The molecule has 18 heteroatoms. The number of aliphatic hydroxyl groups excluding tert-OH is 7. The molecule has 3 aliphatic heterocycles. The molecule has 15 unspecified atom stereocenters. The molecule has 0 spiro atoms. The molecule has 0 radical (unpaired) electrons. The lowest BCUT2D eigenvalue weighted by molar-refractivity contribution is -0.339. The molecule has 4 fully saturated rings. The minimum atomic E-state index is -1.67. The van der Waals surface area contributed by atoms with Crippen LogP contribution in [0.5, 0.6) is 0 Å². The van der Waals surface area contributed by atoms with Crippen LogP contribution in [0.25, 0.3) is 0 Å². The molecule has 3 heterocycles. The van der Waals surface area contributed by atoms with E-state index in [9.17, 15) is 45.3 Å². The number of rotatable bonds is 9. The fraction of sp³-hybridized carbons (Fsp3) is 0.875. The third-order valence-electron chi connectivity index (χ3n) is 7.91. The molecular weight excluding hydrogens is 568 g/mol. The molecule has 240 valence electrons. The number of nitrogens with one attached hydrogen (secondary N) is 3. The van der Waals surface area contributed by atoms with Crippen molar-refractivity contribution in [3.63, 3.8) is 0 Å². The van der Waals surface area contributed by atoms with E-state index < -0.39 is 123 Å². The van der Waals surface area contributed by atoms with E-state index in [1.165, 1.54) is 14.0 Å². The van der Waals surface area contributed by atoms with Gasteiger partial charge in [0.2, 0.25) is 11.8 Å². The zero-order chi connectivity index (χ0) is 30.9. The molecular formula is C24H40N4O14. The average molecular weight is 609 g/mol. The Balaban J connectivity index is 1.57. The van der Waals surface area contributed by atoms with Crippen molar-refractivity contribution in [3.8, 4) is 0 Å². The summed E-state index contributed by atoms with van der Waals surface area (Å²) in [6, 6.07) is -3.21. The Hall–Kier alpha value is -2.23. The van der Waals surface area contributed by atoms with Gasteiger partial charge in [0.15, 0.2) is 12.6 Å². The summed E-state index contributed by atoms with van der Waals surface area (Å²) in [5.74, 6) is -1.98. The van der Waals surface area contributed by atoms with Crippen LogP contribution in [0.2, 0.25) is 0 Å². The molecule has 15 atom stereocenters. The molecule has 3 saturated heterocycles. The first-order valence-electron chi connectivity index (χ1n) is 13.6. The molecule has 1 aliphatic carbocycles. The van der Waals surface area contributed by atoms with Crippen molar-refractivity contribution in [2.75, 3.05) is 26.9 Å². The number of carbonyl (C=O) groups excluding carboxylic acids is 2. The van der Waals surface area contributed by atoms with Gasteiger partial charge in [-0.15, -0.1) is 0 Å². The standard InChI is InChI=1S/C24H40N4O14/c1-7(32)26-13-16(35)15(34)10(5-30)38-22(13)41-21-11(6-31)39-23(14(18(21)37)27-8(2)33)40-20-9(4-29)19-12(17(20)36)28-24(25-3)42-19/h9-23,29-31,34-37H,4-6H2,1-3H3,(H,25,28)(H,26,32)(H,27,33). The summed E-state index contributed by atoms with van der Waals surface area (Å²) in [5.41, 5.74) is 0. The van der Waals surface area contributed by atoms with Gasteiger partial charge >= 0.3 is 0 Å². The first-order chi connectivity index (χ1) is 19.9. The highest BCUT2D eigenvalue weighted by molar-refractivity contribution is 5.76. The zero-order valence-corrected chi connectivity index (χ0v) is 23.2. The zero-order valence-electron chi connectivity index (χ0n) is 23.2. The van der Waals surface area contributed by atoms with Crippen molar-refractivity contribution in [1.82, 2.24) is 16.0 Å². The summed E-state index contributed by atoms with van der Waals surface area (Å²) >= 11 is 0. The monoisotopic (exact) mass is 608 g/mol. The summed E-state index contributed by atoms with van der Waals surface area (Å²) in [5, 5.41) is 81.0. The van der Waals surface area contributed by atoms with E-state index in [-0.39, 0.29) is 6.02 Å². The molecule has 18 nitrogen and oxygen atoms in total. The Morgan fingerprint density at radius 1 is 0.810 bits per heavy atom. The second-order valence-electron chi connectivity index (χ2n) is 10.7. The molecule has 10 N–H and O–H groups in total. The number of ether oxygens (including phenoxy) is 5. The van der Waals surface area contributed by atoms with Gasteiger partial charge in [-0.05, 0) is 0 Å². The summed E-state index contributed by atoms with van der Waals surface area (Å²) in [6.45, 7) is 0.404. The van der Waals surface area contributed by atoms with E-state index >= 15 is 0 Å². The second-order valence-corrected chi connectivity index (χ2v) is 10.7. The van der Waals surface area contributed by atoms with E-state index in [0.29, 0.717) is 0 Å². The van der Waals surface area contributed by atoms with Crippen LogP contribution in [0.1, 0.15) is 13.8 Å². The van der Waals surface area contributed by atoms with Crippen LogP contribution in [-0.4, -0.2) is 166 Å². The van der Waals surface area contributed by atoms with E-state index in [2.05, 4.69) is 20.9 Å². The average Bonchev–Trinajstić information content (AvgIpc) is 3.48. The minimum absolute atomic E-state index is 0.185. The molecule has 0 bridgehead atoms. The molecule has 0 aromatic heterocycles. The van der Waals surface area contributed by atoms with Gasteiger partial charge in [0.25, 0.3) is 6.02 Å². The summed E-state index contributed by atoms with van der Waals surface area (Å²) in [7, 11) is 1.49. The van der Waals surface area contributed by atoms with E-state index in [1.807, 2.05) is 0 Å². The topological polar surface area (TPSA) is 270 Å². The number of amides is 2. The SMILES string of the molecule is CN=C1NC2C(O)C(OC3OC(CO)C(OC4OC(CO)C(O)C(O)C4NC(C)=O)C(O)C3NC(C)=O)C(CO)C2O1. The molecule has 42 heavy (non-hydrogen) atoms. The normalized spacial score (nSPS) is 46.0. The summed E-state index contributed by atoms with van der Waals surface area (Å²) in [6.07, 6.45) is -15.1. The van der Waals surface area contributed by atoms with Crippen molar-refractivity contribution in [1.29, 1.82) is 0 Å². The van der Waals surface area contributed by atoms with Crippen LogP contribution in [0.4, 0.5) is 0 Å². The molecule has 0 aromatic carbocycles. The van der Waals surface area contributed by atoms with Crippen LogP contribution >= 0.6 is 0 Å². The predicted octanol–water partition coefficient (Wildman–Crippen LogP) is -6.39. The number of carbonyl (C=O) groups is 2. The second kappa shape index (κ2) is 13.6. The molecule has 4 rings (SSSR count). The van der Waals surface area contributed by atoms with Crippen molar-refractivity contribution in [3.05, 3.63) is 0 Å². The lowest BCUT2D eigenvalue weighted by Crippen LogP contribution is -2.69. The van der Waals surface area contributed by atoms with Crippen LogP contribution in [0.15, 0.2) is 4.99 Å². The molecule has 0 aromatic rings. The maximum absolute atomic E-state index is 12.1. The third-order valence-corrected chi connectivity index (χ3v) is 7.91. The Kier molecular flexibility index (Phi) is 10.6. The number of amidine groups is 1. The van der Waals surface area contributed by atoms with Crippen molar-refractivity contribution >= 4 is 17.8 Å². The van der Waals surface area contributed by atoms with Gasteiger partial charge in [0.05, 0.1) is 37.9 Å². The number of hydrogen-bond acceptors (Lipinski definition) is 15. The highest BCUT2D eigenvalue weighted by Gasteiger charge is 2.59. The third kappa shape index (κ3) is 6.34. The van der Waals surface area contributed by atoms with E-state index in [0.717, 1.165) is 6.92 Å². The van der Waals surface area contributed by atoms with Crippen LogP contribution < -0.4 is 16.0 Å².